The third kappa shape index (κ3) is 5.94. The van der Waals surface area contributed by atoms with E-state index in [2.05, 4.69) is 15.3 Å². The topological polar surface area (TPSA) is 128 Å². The lowest BCUT2D eigenvalue weighted by Gasteiger charge is -2.32. The van der Waals surface area contributed by atoms with Crippen LogP contribution in [0.1, 0.15) is 60.8 Å². The summed E-state index contributed by atoms with van der Waals surface area (Å²) in [5.74, 6) is -1.33. The Balaban J connectivity index is 1.55. The maximum absolute atomic E-state index is 15.3. The first-order chi connectivity index (χ1) is 20.5. The van der Waals surface area contributed by atoms with Crippen molar-refractivity contribution in [3.8, 4) is 17.0 Å². The van der Waals surface area contributed by atoms with Crippen LogP contribution >= 0.6 is 0 Å². The van der Waals surface area contributed by atoms with Crippen LogP contribution < -0.4 is 15.8 Å². The molecule has 1 fully saturated rings. The summed E-state index contributed by atoms with van der Waals surface area (Å²) in [5.41, 5.74) is 6.24. The van der Waals surface area contributed by atoms with Crippen LogP contribution in [0.15, 0.2) is 42.7 Å². The number of likely N-dealkylation sites (tertiary alicyclic amines) is 1. The molecule has 10 nitrogen and oxygen atoms in total. The summed E-state index contributed by atoms with van der Waals surface area (Å²) in [6.07, 6.45) is -0.890. The Morgan fingerprint density at radius 2 is 1.95 bits per heavy atom. The van der Waals surface area contributed by atoms with E-state index in [4.69, 9.17) is 15.5 Å². The molecular weight excluding hydrogens is 570 g/mol. The number of nitrogens with zero attached hydrogens (tertiary/aromatic N) is 5. The van der Waals surface area contributed by atoms with Crippen molar-refractivity contribution in [2.24, 2.45) is 0 Å². The summed E-state index contributed by atoms with van der Waals surface area (Å²) >= 11 is 0. The number of anilines is 2. The van der Waals surface area contributed by atoms with Gasteiger partial charge in [0.1, 0.15) is 34.4 Å². The van der Waals surface area contributed by atoms with Crippen molar-refractivity contribution in [1.29, 1.82) is 0 Å². The van der Waals surface area contributed by atoms with Crippen LogP contribution in [0.3, 0.4) is 0 Å². The van der Waals surface area contributed by atoms with Crippen molar-refractivity contribution in [2.75, 3.05) is 30.7 Å². The molecule has 1 aliphatic heterocycles. The third-order valence-electron chi connectivity index (χ3n) is 7.24. The smallest absolute Gasteiger partial charge is 0.416 e. The maximum atomic E-state index is 15.3. The number of hydrogen-bond donors (Lipinski definition) is 2. The average Bonchev–Trinajstić information content (AvgIpc) is 3.40. The molecule has 43 heavy (non-hydrogen) atoms. The molecule has 2 amide bonds. The second-order valence-corrected chi connectivity index (χ2v) is 10.0. The Bertz CT molecular complexity index is 1690. The van der Waals surface area contributed by atoms with Gasteiger partial charge in [-0.15, -0.1) is 0 Å². The molecule has 0 aliphatic carbocycles. The fraction of sp³-hybridized carbons (Fsp3) is 0.345. The van der Waals surface area contributed by atoms with E-state index in [1.54, 1.807) is 24.8 Å². The standard InChI is InChI=1S/C29H29F4N7O3/c1-3-23(41)39-11-5-6-17(15-39)27-38-24(25-26(34)36-14-21(30)40(25)27)19-8-7-16(12-20(19)43-4-2)28(42)37-22-13-18(9-10-35-22)29(31,32)33/h7-10,12-14,17H,3-6,11,15H2,1-2H3,(H2,34,36)(H,35,37,42). The van der Waals surface area contributed by atoms with E-state index in [1.165, 1.54) is 16.5 Å². The average molecular weight is 600 g/mol. The first-order valence-electron chi connectivity index (χ1n) is 13.7. The summed E-state index contributed by atoms with van der Waals surface area (Å²) in [7, 11) is 0. The predicted molar refractivity (Wildman–Crippen MR) is 150 cm³/mol. The zero-order valence-electron chi connectivity index (χ0n) is 23.4. The number of benzene rings is 1. The van der Waals surface area contributed by atoms with E-state index in [1.807, 2.05) is 0 Å². The Labute approximate surface area is 243 Å². The van der Waals surface area contributed by atoms with E-state index in [0.29, 0.717) is 37.3 Å². The molecule has 3 N–H and O–H groups in total. The normalized spacial score (nSPS) is 15.5. The number of fused-ring (bicyclic) bond motifs is 1. The first kappa shape index (κ1) is 29.7. The fourth-order valence-corrected chi connectivity index (χ4v) is 5.23. The number of halogens is 4. The van der Waals surface area contributed by atoms with Gasteiger partial charge in [0.25, 0.3) is 5.91 Å². The van der Waals surface area contributed by atoms with Crippen molar-refractivity contribution in [3.05, 3.63) is 65.6 Å². The molecule has 3 aromatic heterocycles. The number of nitrogens with two attached hydrogens (primary N) is 1. The van der Waals surface area contributed by atoms with Gasteiger partial charge in [0, 0.05) is 42.8 Å². The number of rotatable bonds is 7. The quantitative estimate of drug-likeness (QED) is 0.276. The molecule has 14 heteroatoms. The number of nitrogen functional groups attached to an aromatic ring is 1. The van der Waals surface area contributed by atoms with E-state index in [-0.39, 0.29) is 52.6 Å². The number of carbonyl (C=O) groups excluding carboxylic acids is 2. The number of aromatic nitrogens is 4. The van der Waals surface area contributed by atoms with Crippen molar-refractivity contribution in [1.82, 2.24) is 24.3 Å². The molecular formula is C29H29F4N7O3. The lowest BCUT2D eigenvalue weighted by Crippen LogP contribution is -2.39. The molecule has 0 radical (unpaired) electrons. The van der Waals surface area contributed by atoms with Crippen molar-refractivity contribution in [2.45, 2.75) is 45.2 Å². The van der Waals surface area contributed by atoms with Crippen molar-refractivity contribution >= 4 is 29.0 Å². The van der Waals surface area contributed by atoms with Gasteiger partial charge in [0.2, 0.25) is 11.9 Å². The Morgan fingerprint density at radius 1 is 1.16 bits per heavy atom. The molecule has 1 saturated heterocycles. The molecule has 4 aromatic rings. The number of alkyl halides is 3. The highest BCUT2D eigenvalue weighted by atomic mass is 19.4. The summed E-state index contributed by atoms with van der Waals surface area (Å²) in [5, 5.41) is 2.37. The van der Waals surface area contributed by atoms with Crippen molar-refractivity contribution in [3.63, 3.8) is 0 Å². The second kappa shape index (κ2) is 11.9. The first-order valence-corrected chi connectivity index (χ1v) is 13.7. The van der Waals surface area contributed by atoms with Gasteiger partial charge < -0.3 is 20.7 Å². The molecule has 5 rings (SSSR count). The highest BCUT2D eigenvalue weighted by Gasteiger charge is 2.32. The van der Waals surface area contributed by atoms with Crippen LogP contribution in [-0.4, -0.2) is 55.8 Å². The van der Waals surface area contributed by atoms with Gasteiger partial charge in [-0.1, -0.05) is 6.92 Å². The lowest BCUT2D eigenvalue weighted by molar-refractivity contribution is -0.137. The number of ether oxygens (including phenoxy) is 1. The molecule has 1 aromatic carbocycles. The van der Waals surface area contributed by atoms with Gasteiger partial charge in [-0.3, -0.25) is 14.0 Å². The van der Waals surface area contributed by atoms with E-state index in [9.17, 15) is 22.8 Å². The zero-order valence-corrected chi connectivity index (χ0v) is 23.4. The minimum atomic E-state index is -4.60. The Hall–Kier alpha value is -4.75. The molecule has 0 spiro atoms. The van der Waals surface area contributed by atoms with Gasteiger partial charge in [0.05, 0.1) is 18.4 Å². The maximum Gasteiger partial charge on any atom is 0.416 e. The summed E-state index contributed by atoms with van der Waals surface area (Å²) in [6, 6.07) is 5.94. The second-order valence-electron chi connectivity index (χ2n) is 10.0. The number of hydrogen-bond acceptors (Lipinski definition) is 7. The zero-order chi connectivity index (χ0) is 30.9. The number of piperidine rings is 1. The van der Waals surface area contributed by atoms with Gasteiger partial charge in [0.15, 0.2) is 0 Å². The summed E-state index contributed by atoms with van der Waals surface area (Å²) in [6.45, 7) is 4.70. The number of pyridine rings is 1. The fourth-order valence-electron chi connectivity index (χ4n) is 5.23. The van der Waals surface area contributed by atoms with Crippen LogP contribution in [0.5, 0.6) is 5.75 Å². The number of imidazole rings is 1. The summed E-state index contributed by atoms with van der Waals surface area (Å²) in [4.78, 5) is 39.8. The molecule has 0 bridgehead atoms. The van der Waals surface area contributed by atoms with Gasteiger partial charge in [-0.05, 0) is 50.1 Å². The molecule has 1 atom stereocenters. The van der Waals surface area contributed by atoms with E-state index >= 15 is 4.39 Å². The van der Waals surface area contributed by atoms with Crippen LogP contribution in [0.4, 0.5) is 29.2 Å². The van der Waals surface area contributed by atoms with Crippen LogP contribution in [0, 0.1) is 5.95 Å². The molecule has 1 aliphatic rings. The minimum absolute atomic E-state index is 0.000248. The third-order valence-corrected chi connectivity index (χ3v) is 7.24. The van der Waals surface area contributed by atoms with Crippen molar-refractivity contribution < 1.29 is 31.9 Å². The molecule has 1 unspecified atom stereocenters. The summed E-state index contributed by atoms with van der Waals surface area (Å²) < 4.78 is 61.8. The highest BCUT2D eigenvalue weighted by molar-refractivity contribution is 6.04. The largest absolute Gasteiger partial charge is 0.493 e. The molecule has 0 saturated carbocycles. The lowest BCUT2D eigenvalue weighted by atomic mass is 9.97. The number of amides is 2. The predicted octanol–water partition coefficient (Wildman–Crippen LogP) is 5.30. The number of nitrogens with one attached hydrogen (secondary N) is 1. The van der Waals surface area contributed by atoms with Crippen LogP contribution in [0.25, 0.3) is 16.8 Å². The van der Waals surface area contributed by atoms with E-state index in [0.717, 1.165) is 30.9 Å². The van der Waals surface area contributed by atoms with Gasteiger partial charge in [-0.2, -0.15) is 17.6 Å². The highest BCUT2D eigenvalue weighted by Crippen LogP contribution is 2.39. The van der Waals surface area contributed by atoms with Crippen LogP contribution in [0.2, 0.25) is 0 Å². The van der Waals surface area contributed by atoms with Crippen LogP contribution in [-0.2, 0) is 11.0 Å². The number of carbonyl (C=O) groups is 2. The molecule has 4 heterocycles. The minimum Gasteiger partial charge on any atom is -0.493 e. The van der Waals surface area contributed by atoms with Gasteiger partial charge in [-0.25, -0.2) is 15.0 Å². The SMILES string of the molecule is CCOc1cc(C(=O)Nc2cc(C(F)(F)F)ccn2)ccc1-c1nc(C2CCCN(C(=O)CC)C2)n2c(F)cnc(N)c12. The Kier molecular flexibility index (Phi) is 8.20. The van der Waals surface area contributed by atoms with Gasteiger partial charge >= 0.3 is 6.18 Å². The molecule has 226 valence electrons. The Morgan fingerprint density at radius 3 is 2.67 bits per heavy atom. The monoisotopic (exact) mass is 599 g/mol. The van der Waals surface area contributed by atoms with E-state index < -0.39 is 23.6 Å².